The van der Waals surface area contributed by atoms with Gasteiger partial charge in [0.2, 0.25) is 11.8 Å². The van der Waals surface area contributed by atoms with Gasteiger partial charge >= 0.3 is 5.97 Å². The molecule has 0 spiro atoms. The Bertz CT molecular complexity index is 1230. The Balaban J connectivity index is 2.11. The lowest BCUT2D eigenvalue weighted by molar-refractivity contribution is -0.122. The highest BCUT2D eigenvalue weighted by molar-refractivity contribution is 7.98. The normalized spacial score (nSPS) is 19.7. The van der Waals surface area contributed by atoms with Crippen LogP contribution in [0.5, 0.6) is 11.5 Å². The quantitative estimate of drug-likeness (QED) is 0.314. The highest BCUT2D eigenvalue weighted by Gasteiger charge is 2.45. The van der Waals surface area contributed by atoms with Gasteiger partial charge in [-0.05, 0) is 50.9 Å². The van der Waals surface area contributed by atoms with Crippen molar-refractivity contribution in [3.63, 3.8) is 0 Å². The van der Waals surface area contributed by atoms with E-state index in [1.807, 2.05) is 13.0 Å². The van der Waals surface area contributed by atoms with E-state index in [0.717, 1.165) is 5.56 Å². The van der Waals surface area contributed by atoms with Crippen LogP contribution in [0, 0.1) is 25.7 Å². The van der Waals surface area contributed by atoms with Crippen LogP contribution in [-0.2, 0) is 15.3 Å². The van der Waals surface area contributed by atoms with E-state index in [9.17, 15) is 9.59 Å². The molecule has 3 rings (SSSR count). The summed E-state index contributed by atoms with van der Waals surface area (Å²) in [6, 6.07) is 1.40. The molecule has 2 atom stereocenters. The number of cyclic esters (lactones) is 1. The fourth-order valence-electron chi connectivity index (χ4n) is 4.66. The predicted molar refractivity (Wildman–Crippen MR) is 163 cm³/mol. The summed E-state index contributed by atoms with van der Waals surface area (Å²) in [6.45, 7) is 17.3. The Morgan fingerprint density at radius 2 is 1.95 bits per heavy atom. The minimum atomic E-state index is -2.37. The van der Waals surface area contributed by atoms with Gasteiger partial charge in [0.1, 0.15) is 17.5 Å². The Kier molecular flexibility index (Phi) is 10.9. The zero-order valence-corrected chi connectivity index (χ0v) is 27.7. The lowest BCUT2D eigenvalue weighted by Crippen LogP contribution is -2.48. The van der Waals surface area contributed by atoms with Crippen LogP contribution in [0.15, 0.2) is 10.6 Å². The van der Waals surface area contributed by atoms with Crippen LogP contribution in [0.4, 0.5) is 0 Å². The first-order valence-corrected chi connectivity index (χ1v) is 18.2. The number of rotatable bonds is 7. The molecule has 1 aliphatic rings. The summed E-state index contributed by atoms with van der Waals surface area (Å²) in [5.74, 6) is 2.52. The first-order chi connectivity index (χ1) is 19.2. The van der Waals surface area contributed by atoms with Crippen molar-refractivity contribution in [2.75, 3.05) is 26.0 Å². The third-order valence-electron chi connectivity index (χ3n) is 8.66. The van der Waals surface area contributed by atoms with E-state index in [0.29, 0.717) is 58.2 Å². The lowest BCUT2D eigenvalue weighted by atomic mass is 9.99. The molecule has 1 aromatic carbocycles. The van der Waals surface area contributed by atoms with Gasteiger partial charge < -0.3 is 29.5 Å². The number of aromatic nitrogens is 2. The number of amides is 1. The fraction of sp³-hybridized carbons (Fsp3) is 0.655. The zero-order valence-electron chi connectivity index (χ0n) is 25.9. The lowest BCUT2D eigenvalue weighted by Gasteiger charge is -2.43. The van der Waals surface area contributed by atoms with Crippen LogP contribution < -0.4 is 20.2 Å². The van der Waals surface area contributed by atoms with E-state index in [2.05, 4.69) is 56.2 Å². The second-order valence-corrected chi connectivity index (χ2v) is 17.6. The average molecular weight is 607 g/mol. The molecule has 1 aromatic heterocycles. The van der Waals surface area contributed by atoms with Gasteiger partial charge in [-0.3, -0.25) is 4.79 Å². The molecular formula is C29H46N4O6SSi. The van der Waals surface area contributed by atoms with Gasteiger partial charge in [-0.2, -0.15) is 16.7 Å². The van der Waals surface area contributed by atoms with E-state index >= 15 is 0 Å². The Morgan fingerprint density at radius 3 is 2.54 bits per heavy atom. The maximum absolute atomic E-state index is 13.7. The first kappa shape index (κ1) is 32.9. The second kappa shape index (κ2) is 13.6. The maximum atomic E-state index is 13.7. The number of carbonyl (C=O) groups is 2. The van der Waals surface area contributed by atoms with Gasteiger partial charge in [0.25, 0.3) is 8.32 Å². The zero-order chi connectivity index (χ0) is 30.5. The molecule has 2 unspecified atom stereocenters. The molecule has 12 heteroatoms. The average Bonchev–Trinajstić information content (AvgIpc) is 3.34. The standard InChI is InChI=1S/C29H46N4O6SSi/c1-17(2)29(5,6)41(8,9)39-24-12-23(36-7)18(3)26-21(24)15-40-16-22(27-31-19(4)33-38-27)32-25(34)11-10-20(13-30)14-37-28(26)35/h12,17,20,22H,10-11,13-16,30H2,1-9H3,(H,32,34). The molecule has 0 radical (unpaired) electrons. The Labute approximate surface area is 249 Å². The van der Waals surface area contributed by atoms with Crippen molar-refractivity contribution in [2.24, 2.45) is 17.6 Å². The highest BCUT2D eigenvalue weighted by atomic mass is 32.2. The third-order valence-corrected chi connectivity index (χ3v) is 14.1. The van der Waals surface area contributed by atoms with Crippen molar-refractivity contribution in [1.82, 2.24) is 15.5 Å². The molecule has 0 aliphatic carbocycles. The molecule has 0 saturated carbocycles. The number of fused-ring (bicyclic) bond motifs is 1. The van der Waals surface area contributed by atoms with Crippen molar-refractivity contribution in [2.45, 2.75) is 84.3 Å². The van der Waals surface area contributed by atoms with Crippen LogP contribution in [0.3, 0.4) is 0 Å². The number of nitrogens with one attached hydrogen (secondary N) is 1. The van der Waals surface area contributed by atoms with E-state index in [1.54, 1.807) is 25.8 Å². The number of ether oxygens (including phenoxy) is 2. The van der Waals surface area contributed by atoms with E-state index in [1.165, 1.54) is 0 Å². The van der Waals surface area contributed by atoms with Crippen LogP contribution in [0.1, 0.15) is 79.8 Å². The molecule has 0 fully saturated rings. The summed E-state index contributed by atoms with van der Waals surface area (Å²) in [4.78, 5) is 30.9. The van der Waals surface area contributed by atoms with E-state index in [-0.39, 0.29) is 36.4 Å². The summed E-state index contributed by atoms with van der Waals surface area (Å²) < 4.78 is 23.9. The summed E-state index contributed by atoms with van der Waals surface area (Å²) in [7, 11) is -0.777. The van der Waals surface area contributed by atoms with Crippen molar-refractivity contribution in [3.05, 3.63) is 34.5 Å². The number of carbonyl (C=O) groups excluding carboxylic acids is 2. The highest BCUT2D eigenvalue weighted by Crippen LogP contribution is 2.47. The summed E-state index contributed by atoms with van der Waals surface area (Å²) >= 11 is 1.54. The molecule has 3 N–H and O–H groups in total. The topological polar surface area (TPSA) is 139 Å². The van der Waals surface area contributed by atoms with Crippen LogP contribution >= 0.6 is 11.8 Å². The maximum Gasteiger partial charge on any atom is 0.338 e. The number of nitrogens with zero attached hydrogens (tertiary/aromatic N) is 2. The van der Waals surface area contributed by atoms with Crippen LogP contribution in [0.2, 0.25) is 18.1 Å². The number of benzene rings is 1. The van der Waals surface area contributed by atoms with Crippen molar-refractivity contribution in [3.8, 4) is 11.5 Å². The summed E-state index contributed by atoms with van der Waals surface area (Å²) in [6.07, 6.45) is 0.710. The molecule has 1 aliphatic heterocycles. The second-order valence-electron chi connectivity index (χ2n) is 12.1. The number of hydrogen-bond donors (Lipinski definition) is 2. The SMILES string of the molecule is COc1cc(O[Si](C)(C)C(C)(C)C(C)C)c2c(c1C)C(=O)OCC(CN)CCC(=O)NC(c1nc(C)no1)CSC2. The van der Waals surface area contributed by atoms with Gasteiger partial charge in [-0.25, -0.2) is 4.79 Å². The molecule has 10 nitrogen and oxygen atoms in total. The Hall–Kier alpha value is -2.57. The number of thioether (sulfide) groups is 1. The number of esters is 1. The molecular weight excluding hydrogens is 560 g/mol. The molecule has 2 aromatic rings. The van der Waals surface area contributed by atoms with E-state index < -0.39 is 20.3 Å². The molecule has 1 amide bonds. The molecule has 228 valence electrons. The summed E-state index contributed by atoms with van der Waals surface area (Å²) in [5.41, 5.74) is 7.86. The first-order valence-electron chi connectivity index (χ1n) is 14.2. The van der Waals surface area contributed by atoms with Crippen molar-refractivity contribution < 1.29 is 28.0 Å². The summed E-state index contributed by atoms with van der Waals surface area (Å²) in [5, 5.41) is 6.89. The molecule has 41 heavy (non-hydrogen) atoms. The van der Waals surface area contributed by atoms with Gasteiger partial charge in [0, 0.05) is 41.0 Å². The van der Waals surface area contributed by atoms with Gasteiger partial charge in [-0.1, -0.05) is 32.9 Å². The van der Waals surface area contributed by atoms with Crippen LogP contribution in [0.25, 0.3) is 0 Å². The Morgan fingerprint density at radius 1 is 1.24 bits per heavy atom. The monoisotopic (exact) mass is 606 g/mol. The number of hydrogen-bond acceptors (Lipinski definition) is 10. The van der Waals surface area contributed by atoms with Crippen molar-refractivity contribution >= 4 is 32.0 Å². The minimum absolute atomic E-state index is 0.0627. The molecule has 0 bridgehead atoms. The van der Waals surface area contributed by atoms with Crippen LogP contribution in [-0.4, -0.2) is 56.3 Å². The van der Waals surface area contributed by atoms with Gasteiger partial charge in [-0.15, -0.1) is 0 Å². The van der Waals surface area contributed by atoms with Gasteiger partial charge in [0.15, 0.2) is 5.82 Å². The number of nitrogens with two attached hydrogens (primary N) is 1. The number of aryl methyl sites for hydroxylation is 1. The molecule has 0 saturated heterocycles. The predicted octanol–water partition coefficient (Wildman–Crippen LogP) is 5.33. The van der Waals surface area contributed by atoms with Crippen molar-refractivity contribution in [1.29, 1.82) is 0 Å². The fourth-order valence-corrected chi connectivity index (χ4v) is 8.11. The third kappa shape index (κ3) is 7.64. The largest absolute Gasteiger partial charge is 0.543 e. The number of methoxy groups -OCH3 is 1. The van der Waals surface area contributed by atoms with E-state index in [4.69, 9.17) is 24.2 Å². The molecule has 2 heterocycles. The minimum Gasteiger partial charge on any atom is -0.543 e. The smallest absolute Gasteiger partial charge is 0.338 e. The van der Waals surface area contributed by atoms with Gasteiger partial charge in [0.05, 0.1) is 19.3 Å².